The normalized spacial score (nSPS) is 10.4. The minimum absolute atomic E-state index is 0.0401. The molecule has 0 spiro atoms. The van der Waals surface area contributed by atoms with Crippen LogP contribution in [0.4, 0.5) is 5.69 Å². The molecule has 3 aromatic rings. The first kappa shape index (κ1) is 14.0. The summed E-state index contributed by atoms with van der Waals surface area (Å²) in [5, 5.41) is 2.78. The lowest BCUT2D eigenvalue weighted by atomic mass is 10.2. The van der Waals surface area contributed by atoms with Gasteiger partial charge in [-0.1, -0.05) is 17.7 Å². The van der Waals surface area contributed by atoms with Gasteiger partial charge in [0.05, 0.1) is 11.0 Å². The molecule has 1 amide bonds. The van der Waals surface area contributed by atoms with Crippen LogP contribution >= 0.6 is 0 Å². The van der Waals surface area contributed by atoms with Crippen molar-refractivity contribution >= 4 is 22.6 Å². The van der Waals surface area contributed by atoms with Gasteiger partial charge in [-0.3, -0.25) is 14.8 Å². The quantitative estimate of drug-likeness (QED) is 0.803. The molecule has 0 saturated carbocycles. The number of hydrogen-bond donors (Lipinski definition) is 1. The van der Waals surface area contributed by atoms with E-state index in [1.54, 1.807) is 24.5 Å². The van der Waals surface area contributed by atoms with Gasteiger partial charge >= 0.3 is 0 Å². The highest BCUT2D eigenvalue weighted by Crippen LogP contribution is 2.15. The number of anilines is 1. The van der Waals surface area contributed by atoms with E-state index in [1.807, 2.05) is 37.3 Å². The number of amides is 1. The standard InChI is InChI=1S/C17H15N3O2/c1-12-2-5-14(6-3-12)22-11-17(21)20-13-4-7-15-16(10-13)19-9-8-18-15/h2-10H,11H2,1H3,(H,20,21). The molecule has 0 atom stereocenters. The van der Waals surface area contributed by atoms with Crippen molar-refractivity contribution in [3.05, 3.63) is 60.4 Å². The number of aryl methyl sites for hydroxylation is 1. The molecule has 3 rings (SSSR count). The van der Waals surface area contributed by atoms with Crippen molar-refractivity contribution < 1.29 is 9.53 Å². The third-order valence-corrected chi connectivity index (χ3v) is 3.14. The molecule has 0 radical (unpaired) electrons. The van der Waals surface area contributed by atoms with Crippen molar-refractivity contribution in [1.82, 2.24) is 9.97 Å². The van der Waals surface area contributed by atoms with E-state index in [-0.39, 0.29) is 12.5 Å². The molecule has 0 saturated heterocycles. The Morgan fingerprint density at radius 3 is 2.55 bits per heavy atom. The molecule has 1 heterocycles. The highest BCUT2D eigenvalue weighted by Gasteiger charge is 2.05. The number of benzene rings is 2. The lowest BCUT2D eigenvalue weighted by Gasteiger charge is -2.08. The summed E-state index contributed by atoms with van der Waals surface area (Å²) in [7, 11) is 0. The van der Waals surface area contributed by atoms with Gasteiger partial charge in [0.15, 0.2) is 6.61 Å². The number of carbonyl (C=O) groups is 1. The van der Waals surface area contributed by atoms with Gasteiger partial charge < -0.3 is 10.1 Å². The SMILES string of the molecule is Cc1ccc(OCC(=O)Nc2ccc3nccnc3c2)cc1. The van der Waals surface area contributed by atoms with Gasteiger partial charge in [0.1, 0.15) is 5.75 Å². The average molecular weight is 293 g/mol. The Bertz CT molecular complexity index is 800. The Hall–Kier alpha value is -2.95. The summed E-state index contributed by atoms with van der Waals surface area (Å²) in [5.41, 5.74) is 3.34. The fourth-order valence-electron chi connectivity index (χ4n) is 2.02. The second-order valence-corrected chi connectivity index (χ2v) is 4.91. The van der Waals surface area contributed by atoms with Gasteiger partial charge in [0.25, 0.3) is 5.91 Å². The molecule has 0 aliphatic carbocycles. The van der Waals surface area contributed by atoms with Gasteiger partial charge in [-0.2, -0.15) is 0 Å². The lowest BCUT2D eigenvalue weighted by molar-refractivity contribution is -0.118. The number of ether oxygens (including phenoxy) is 1. The fourth-order valence-corrected chi connectivity index (χ4v) is 2.02. The maximum absolute atomic E-state index is 11.9. The molecule has 0 unspecified atom stereocenters. The zero-order valence-corrected chi connectivity index (χ0v) is 12.1. The Labute approximate surface area is 128 Å². The van der Waals surface area contributed by atoms with E-state index in [1.165, 1.54) is 0 Å². The third kappa shape index (κ3) is 3.38. The van der Waals surface area contributed by atoms with E-state index >= 15 is 0 Å². The van der Waals surface area contributed by atoms with Crippen LogP contribution < -0.4 is 10.1 Å². The Morgan fingerprint density at radius 2 is 1.77 bits per heavy atom. The number of fused-ring (bicyclic) bond motifs is 1. The molecule has 0 bridgehead atoms. The number of rotatable bonds is 4. The molecular formula is C17H15N3O2. The predicted molar refractivity (Wildman–Crippen MR) is 84.8 cm³/mol. The summed E-state index contributed by atoms with van der Waals surface area (Å²) in [6.45, 7) is 1.96. The van der Waals surface area contributed by atoms with Crippen molar-refractivity contribution in [3.63, 3.8) is 0 Å². The van der Waals surface area contributed by atoms with Crippen LogP contribution in [0.2, 0.25) is 0 Å². The van der Waals surface area contributed by atoms with Crippen LogP contribution in [0.15, 0.2) is 54.9 Å². The zero-order chi connectivity index (χ0) is 15.4. The molecule has 1 aromatic heterocycles. The van der Waals surface area contributed by atoms with Crippen molar-refractivity contribution in [3.8, 4) is 5.75 Å². The van der Waals surface area contributed by atoms with Gasteiger partial charge in [0, 0.05) is 18.1 Å². The number of nitrogens with one attached hydrogen (secondary N) is 1. The van der Waals surface area contributed by atoms with E-state index < -0.39 is 0 Å². The van der Waals surface area contributed by atoms with E-state index in [4.69, 9.17) is 4.74 Å². The van der Waals surface area contributed by atoms with E-state index in [0.717, 1.165) is 16.6 Å². The second kappa shape index (κ2) is 6.22. The van der Waals surface area contributed by atoms with Crippen molar-refractivity contribution in [1.29, 1.82) is 0 Å². The minimum Gasteiger partial charge on any atom is -0.484 e. The van der Waals surface area contributed by atoms with Crippen LogP contribution in [0.25, 0.3) is 11.0 Å². The predicted octanol–water partition coefficient (Wildman–Crippen LogP) is 2.96. The molecule has 1 N–H and O–H groups in total. The summed E-state index contributed by atoms with van der Waals surface area (Å²) >= 11 is 0. The number of carbonyl (C=O) groups excluding carboxylic acids is 1. The van der Waals surface area contributed by atoms with Crippen LogP contribution in [-0.2, 0) is 4.79 Å². The number of aromatic nitrogens is 2. The summed E-state index contributed by atoms with van der Waals surface area (Å²) in [5.74, 6) is 0.453. The molecule has 22 heavy (non-hydrogen) atoms. The van der Waals surface area contributed by atoms with Crippen LogP contribution in [0.3, 0.4) is 0 Å². The average Bonchev–Trinajstić information content (AvgIpc) is 2.54. The highest BCUT2D eigenvalue weighted by molar-refractivity contribution is 5.93. The smallest absolute Gasteiger partial charge is 0.262 e. The van der Waals surface area contributed by atoms with Gasteiger partial charge in [-0.15, -0.1) is 0 Å². The first-order chi connectivity index (χ1) is 10.7. The molecular weight excluding hydrogens is 278 g/mol. The van der Waals surface area contributed by atoms with Crippen molar-refractivity contribution in [2.45, 2.75) is 6.92 Å². The number of hydrogen-bond acceptors (Lipinski definition) is 4. The minimum atomic E-state index is -0.219. The van der Waals surface area contributed by atoms with E-state index in [0.29, 0.717) is 11.4 Å². The van der Waals surface area contributed by atoms with Gasteiger partial charge in [-0.25, -0.2) is 0 Å². The van der Waals surface area contributed by atoms with E-state index in [2.05, 4.69) is 15.3 Å². The molecule has 5 nitrogen and oxygen atoms in total. The van der Waals surface area contributed by atoms with Gasteiger partial charge in [-0.05, 0) is 37.3 Å². The van der Waals surface area contributed by atoms with E-state index in [9.17, 15) is 4.79 Å². The summed E-state index contributed by atoms with van der Waals surface area (Å²) in [4.78, 5) is 20.3. The Morgan fingerprint density at radius 1 is 1.05 bits per heavy atom. The van der Waals surface area contributed by atoms with Crippen molar-refractivity contribution in [2.75, 3.05) is 11.9 Å². The largest absolute Gasteiger partial charge is 0.484 e. The van der Waals surface area contributed by atoms with Crippen LogP contribution in [0, 0.1) is 6.92 Å². The van der Waals surface area contributed by atoms with Crippen molar-refractivity contribution in [2.24, 2.45) is 0 Å². The number of nitrogens with zero attached hydrogens (tertiary/aromatic N) is 2. The topological polar surface area (TPSA) is 64.1 Å². The highest BCUT2D eigenvalue weighted by atomic mass is 16.5. The molecule has 0 aliphatic rings. The first-order valence-electron chi connectivity index (χ1n) is 6.91. The van der Waals surface area contributed by atoms with Crippen LogP contribution in [0.1, 0.15) is 5.56 Å². The lowest BCUT2D eigenvalue weighted by Crippen LogP contribution is -2.20. The molecule has 5 heteroatoms. The molecule has 0 fully saturated rings. The second-order valence-electron chi connectivity index (χ2n) is 4.91. The Balaban J connectivity index is 1.61. The molecule has 110 valence electrons. The maximum atomic E-state index is 11.9. The maximum Gasteiger partial charge on any atom is 0.262 e. The van der Waals surface area contributed by atoms with Crippen LogP contribution in [0.5, 0.6) is 5.75 Å². The first-order valence-corrected chi connectivity index (χ1v) is 6.91. The molecule has 0 aliphatic heterocycles. The molecule has 2 aromatic carbocycles. The fraction of sp³-hybridized carbons (Fsp3) is 0.118. The zero-order valence-electron chi connectivity index (χ0n) is 12.1. The summed E-state index contributed by atoms with van der Waals surface area (Å²) in [6.07, 6.45) is 3.25. The summed E-state index contributed by atoms with van der Waals surface area (Å²) < 4.78 is 5.44. The Kier molecular flexibility index (Phi) is 3.96. The van der Waals surface area contributed by atoms with Crippen LogP contribution in [-0.4, -0.2) is 22.5 Å². The monoisotopic (exact) mass is 293 g/mol. The summed E-state index contributed by atoms with van der Waals surface area (Å²) in [6, 6.07) is 13.0. The third-order valence-electron chi connectivity index (χ3n) is 3.14. The van der Waals surface area contributed by atoms with Gasteiger partial charge in [0.2, 0.25) is 0 Å².